The van der Waals surface area contributed by atoms with Gasteiger partial charge in [0.05, 0.1) is 17.1 Å². The van der Waals surface area contributed by atoms with Crippen LogP contribution < -0.4 is 5.56 Å². The number of alkyl halides is 2. The van der Waals surface area contributed by atoms with Crippen molar-refractivity contribution in [3.05, 3.63) is 58.5 Å². The van der Waals surface area contributed by atoms with Crippen LogP contribution in [0.2, 0.25) is 0 Å². The number of carbonyl (C=O) groups is 1. The molecule has 0 saturated carbocycles. The van der Waals surface area contributed by atoms with Crippen molar-refractivity contribution in [3.63, 3.8) is 0 Å². The molecule has 1 amide bonds. The van der Waals surface area contributed by atoms with E-state index in [1.165, 1.54) is 4.90 Å². The molecule has 5 rings (SSSR count). The number of benzene rings is 2. The molecule has 158 valence electrons. The number of aryl methyl sites for hydroxylation is 1. The Balaban J connectivity index is 1.51. The van der Waals surface area contributed by atoms with Crippen LogP contribution in [0.4, 0.5) is 8.78 Å². The number of likely N-dealkylation sites (tertiary alicyclic amines) is 1. The minimum atomic E-state index is -2.70. The van der Waals surface area contributed by atoms with E-state index in [4.69, 9.17) is 0 Å². The molecule has 1 saturated heterocycles. The van der Waals surface area contributed by atoms with Gasteiger partial charge in [0.25, 0.3) is 17.4 Å². The van der Waals surface area contributed by atoms with Crippen LogP contribution in [0.25, 0.3) is 32.9 Å². The number of rotatable bonds is 2. The fourth-order valence-corrected chi connectivity index (χ4v) is 4.07. The Morgan fingerprint density at radius 2 is 1.84 bits per heavy atom. The van der Waals surface area contributed by atoms with Crippen molar-refractivity contribution in [2.75, 3.05) is 13.1 Å². The maximum atomic E-state index is 13.4. The highest BCUT2D eigenvalue weighted by atomic mass is 19.3. The van der Waals surface area contributed by atoms with E-state index in [0.29, 0.717) is 16.3 Å². The second kappa shape index (κ2) is 6.97. The van der Waals surface area contributed by atoms with Gasteiger partial charge in [0, 0.05) is 54.9 Å². The molecule has 0 spiro atoms. The van der Waals surface area contributed by atoms with Gasteiger partial charge >= 0.3 is 0 Å². The van der Waals surface area contributed by atoms with E-state index in [1.807, 2.05) is 18.2 Å². The largest absolute Gasteiger partial charge is 0.338 e. The first-order valence-corrected chi connectivity index (χ1v) is 9.94. The highest BCUT2D eigenvalue weighted by Gasteiger charge is 2.35. The number of nitrogens with one attached hydrogen (secondary N) is 1. The molecule has 1 aliphatic heterocycles. The van der Waals surface area contributed by atoms with Crippen molar-refractivity contribution in [3.8, 4) is 11.3 Å². The van der Waals surface area contributed by atoms with Crippen molar-refractivity contribution >= 4 is 27.6 Å². The Morgan fingerprint density at radius 3 is 2.61 bits per heavy atom. The SMILES string of the molecule is Cn1nc(-c2ccc3c(=O)[nH]ncc3c2)c2ccc(C(=O)N3CCC(F)(F)CC3)cc21. The molecular weight excluding hydrogens is 404 g/mol. The van der Waals surface area contributed by atoms with Gasteiger partial charge < -0.3 is 4.90 Å². The normalized spacial score (nSPS) is 16.2. The Labute approximate surface area is 175 Å². The first-order chi connectivity index (χ1) is 14.8. The molecule has 31 heavy (non-hydrogen) atoms. The third-order valence-corrected chi connectivity index (χ3v) is 5.82. The monoisotopic (exact) mass is 423 g/mol. The van der Waals surface area contributed by atoms with Crippen molar-refractivity contribution in [2.24, 2.45) is 7.05 Å². The molecule has 0 unspecified atom stereocenters. The van der Waals surface area contributed by atoms with E-state index in [2.05, 4.69) is 15.3 Å². The Hall–Kier alpha value is -3.62. The summed E-state index contributed by atoms with van der Waals surface area (Å²) in [7, 11) is 1.79. The topological polar surface area (TPSA) is 83.9 Å². The number of nitrogens with zero attached hydrogens (tertiary/aromatic N) is 4. The molecule has 9 heteroatoms. The molecule has 1 fully saturated rings. The number of aromatic nitrogens is 4. The maximum Gasteiger partial charge on any atom is 0.272 e. The Morgan fingerprint density at radius 1 is 1.10 bits per heavy atom. The minimum absolute atomic E-state index is 0.0464. The highest BCUT2D eigenvalue weighted by Crippen LogP contribution is 2.31. The van der Waals surface area contributed by atoms with Crippen LogP contribution in [-0.2, 0) is 7.05 Å². The summed E-state index contributed by atoms with van der Waals surface area (Å²) in [5.74, 6) is -2.95. The molecule has 7 nitrogen and oxygen atoms in total. The van der Waals surface area contributed by atoms with Gasteiger partial charge in [-0.05, 0) is 30.3 Å². The summed E-state index contributed by atoms with van der Waals surface area (Å²) in [5, 5.41) is 13.0. The molecule has 1 aliphatic rings. The van der Waals surface area contributed by atoms with E-state index in [-0.39, 0.29) is 37.4 Å². The molecular formula is C22H19F2N5O2. The van der Waals surface area contributed by atoms with Crippen LogP contribution in [0.3, 0.4) is 0 Å². The van der Waals surface area contributed by atoms with Gasteiger partial charge in [-0.15, -0.1) is 0 Å². The molecule has 2 aromatic carbocycles. The first-order valence-electron chi connectivity index (χ1n) is 9.94. The maximum absolute atomic E-state index is 13.4. The third kappa shape index (κ3) is 3.35. The fraction of sp³-hybridized carbons (Fsp3) is 0.273. The van der Waals surface area contributed by atoms with Gasteiger partial charge in [0.2, 0.25) is 0 Å². The van der Waals surface area contributed by atoms with Crippen molar-refractivity contribution in [1.82, 2.24) is 24.9 Å². The van der Waals surface area contributed by atoms with Crippen LogP contribution >= 0.6 is 0 Å². The van der Waals surface area contributed by atoms with Crippen LogP contribution in [-0.4, -0.2) is 49.8 Å². The summed E-state index contributed by atoms with van der Waals surface area (Å²) in [6.45, 7) is 0.0928. The zero-order chi connectivity index (χ0) is 21.8. The quantitative estimate of drug-likeness (QED) is 0.536. The summed E-state index contributed by atoms with van der Waals surface area (Å²) in [5.41, 5.74) is 2.49. The number of hydrogen-bond acceptors (Lipinski definition) is 4. The average molecular weight is 423 g/mol. The fourth-order valence-electron chi connectivity index (χ4n) is 4.07. The van der Waals surface area contributed by atoms with Gasteiger partial charge in [-0.2, -0.15) is 10.2 Å². The molecule has 0 atom stereocenters. The molecule has 4 aromatic rings. The molecule has 2 aromatic heterocycles. The lowest BCUT2D eigenvalue weighted by Gasteiger charge is -2.31. The Kier molecular flexibility index (Phi) is 4.35. The summed E-state index contributed by atoms with van der Waals surface area (Å²) in [6, 6.07) is 10.7. The molecule has 3 heterocycles. The van der Waals surface area contributed by atoms with E-state index in [0.717, 1.165) is 22.2 Å². The van der Waals surface area contributed by atoms with Crippen LogP contribution in [0.5, 0.6) is 0 Å². The number of carbonyl (C=O) groups excluding carboxylic acids is 1. The average Bonchev–Trinajstić information content (AvgIpc) is 3.09. The van der Waals surface area contributed by atoms with Crippen LogP contribution in [0.15, 0.2) is 47.4 Å². The number of aromatic amines is 1. The van der Waals surface area contributed by atoms with E-state index >= 15 is 0 Å². The van der Waals surface area contributed by atoms with Crippen LogP contribution in [0, 0.1) is 0 Å². The number of hydrogen-bond donors (Lipinski definition) is 1. The molecule has 0 radical (unpaired) electrons. The lowest BCUT2D eigenvalue weighted by Crippen LogP contribution is -2.42. The van der Waals surface area contributed by atoms with E-state index < -0.39 is 5.92 Å². The zero-order valence-corrected chi connectivity index (χ0v) is 16.7. The number of H-pyrrole nitrogens is 1. The highest BCUT2D eigenvalue weighted by molar-refractivity contribution is 6.01. The summed E-state index contributed by atoms with van der Waals surface area (Å²) in [4.78, 5) is 26.2. The smallest absolute Gasteiger partial charge is 0.272 e. The first kappa shape index (κ1) is 19.3. The predicted molar refractivity (Wildman–Crippen MR) is 112 cm³/mol. The molecule has 0 aliphatic carbocycles. The standard InChI is InChI=1S/C22H19F2N5O2/c1-28-18-11-14(21(31)29-8-6-22(23,24)7-9-29)3-5-17(18)19(27-28)13-2-4-16-15(10-13)12-25-26-20(16)30/h2-5,10-12H,6-9H2,1H3,(H,26,30). The van der Waals surface area contributed by atoms with E-state index in [1.54, 1.807) is 36.1 Å². The molecule has 0 bridgehead atoms. The van der Waals surface area contributed by atoms with Gasteiger partial charge in [-0.3, -0.25) is 14.3 Å². The van der Waals surface area contributed by atoms with Gasteiger partial charge in [0.15, 0.2) is 0 Å². The summed E-state index contributed by atoms with van der Waals surface area (Å²) >= 11 is 0. The van der Waals surface area contributed by atoms with Crippen molar-refractivity contribution in [1.29, 1.82) is 0 Å². The lowest BCUT2D eigenvalue weighted by molar-refractivity contribution is -0.0494. The van der Waals surface area contributed by atoms with Gasteiger partial charge in [-0.25, -0.2) is 13.9 Å². The van der Waals surface area contributed by atoms with Crippen molar-refractivity contribution in [2.45, 2.75) is 18.8 Å². The Bertz CT molecular complexity index is 1380. The summed E-state index contributed by atoms with van der Waals surface area (Å²) < 4.78 is 28.5. The minimum Gasteiger partial charge on any atom is -0.338 e. The van der Waals surface area contributed by atoms with Gasteiger partial charge in [0.1, 0.15) is 5.69 Å². The van der Waals surface area contributed by atoms with Crippen molar-refractivity contribution < 1.29 is 13.6 Å². The zero-order valence-electron chi connectivity index (χ0n) is 16.7. The molecule has 1 N–H and O–H groups in total. The number of amides is 1. The number of halogens is 2. The summed E-state index contributed by atoms with van der Waals surface area (Å²) in [6.07, 6.45) is 0.970. The van der Waals surface area contributed by atoms with Gasteiger partial charge in [-0.1, -0.05) is 6.07 Å². The number of fused-ring (bicyclic) bond motifs is 2. The second-order valence-electron chi connectivity index (χ2n) is 7.85. The third-order valence-electron chi connectivity index (χ3n) is 5.82. The second-order valence-corrected chi connectivity index (χ2v) is 7.85. The lowest BCUT2D eigenvalue weighted by atomic mass is 10.0. The van der Waals surface area contributed by atoms with E-state index in [9.17, 15) is 18.4 Å². The van der Waals surface area contributed by atoms with Crippen LogP contribution in [0.1, 0.15) is 23.2 Å². The predicted octanol–water partition coefficient (Wildman–Crippen LogP) is 3.35. The number of piperidine rings is 1.